The van der Waals surface area contributed by atoms with Crippen molar-refractivity contribution in [3.05, 3.63) is 18.0 Å². The molecule has 0 aliphatic carbocycles. The van der Waals surface area contributed by atoms with Crippen LogP contribution in [0.1, 0.15) is 32.0 Å². The zero-order chi connectivity index (χ0) is 13.6. The van der Waals surface area contributed by atoms with E-state index in [0.29, 0.717) is 13.1 Å². The summed E-state index contributed by atoms with van der Waals surface area (Å²) in [5.74, 6) is 0. The van der Waals surface area contributed by atoms with Crippen molar-refractivity contribution in [3.63, 3.8) is 0 Å². The van der Waals surface area contributed by atoms with Crippen LogP contribution in [0.5, 0.6) is 0 Å². The highest BCUT2D eigenvalue weighted by Gasteiger charge is 2.13. The Hall–Kier alpha value is -0.920. The standard InChI is InChI=1S/C11H22N4O2S/c1-4-15(18(3,16)17)9-5-7-12-10(2)11-6-8-13-14-11/h6,8,10,12H,4-5,7,9H2,1-3H3,(H,13,14). The van der Waals surface area contributed by atoms with Gasteiger partial charge in [0.25, 0.3) is 0 Å². The fourth-order valence-corrected chi connectivity index (χ4v) is 2.68. The molecular formula is C11H22N4O2S. The van der Waals surface area contributed by atoms with E-state index in [1.54, 1.807) is 6.20 Å². The van der Waals surface area contributed by atoms with Gasteiger partial charge in [-0.2, -0.15) is 5.10 Å². The Morgan fingerprint density at radius 3 is 2.78 bits per heavy atom. The molecule has 0 aromatic carbocycles. The van der Waals surface area contributed by atoms with E-state index in [4.69, 9.17) is 0 Å². The van der Waals surface area contributed by atoms with E-state index in [1.165, 1.54) is 10.6 Å². The number of H-pyrrole nitrogens is 1. The van der Waals surface area contributed by atoms with Gasteiger partial charge in [-0.15, -0.1) is 0 Å². The van der Waals surface area contributed by atoms with Crippen molar-refractivity contribution >= 4 is 10.0 Å². The third-order valence-corrected chi connectivity index (χ3v) is 4.22. The highest BCUT2D eigenvalue weighted by atomic mass is 32.2. The monoisotopic (exact) mass is 274 g/mol. The van der Waals surface area contributed by atoms with Crippen molar-refractivity contribution in [2.24, 2.45) is 0 Å². The van der Waals surface area contributed by atoms with E-state index in [2.05, 4.69) is 15.5 Å². The molecule has 18 heavy (non-hydrogen) atoms. The summed E-state index contributed by atoms with van der Waals surface area (Å²) >= 11 is 0. The Balaban J connectivity index is 2.26. The minimum absolute atomic E-state index is 0.195. The van der Waals surface area contributed by atoms with Crippen molar-refractivity contribution in [2.45, 2.75) is 26.3 Å². The predicted molar refractivity (Wildman–Crippen MR) is 71.7 cm³/mol. The number of hydrogen-bond donors (Lipinski definition) is 2. The van der Waals surface area contributed by atoms with E-state index in [9.17, 15) is 8.42 Å². The van der Waals surface area contributed by atoms with Crippen LogP contribution in [0.15, 0.2) is 12.3 Å². The molecule has 1 aromatic rings. The number of rotatable bonds is 8. The molecule has 1 aromatic heterocycles. The summed E-state index contributed by atoms with van der Waals surface area (Å²) in [6, 6.07) is 2.12. The first kappa shape index (κ1) is 15.1. The molecule has 0 fully saturated rings. The van der Waals surface area contributed by atoms with Gasteiger partial charge in [0.1, 0.15) is 0 Å². The summed E-state index contributed by atoms with van der Waals surface area (Å²) in [5.41, 5.74) is 1.03. The quantitative estimate of drug-likeness (QED) is 0.685. The fraction of sp³-hybridized carbons (Fsp3) is 0.727. The maximum Gasteiger partial charge on any atom is 0.211 e. The second-order valence-electron chi connectivity index (χ2n) is 4.30. The summed E-state index contributed by atoms with van der Waals surface area (Å²) in [4.78, 5) is 0. The van der Waals surface area contributed by atoms with Crippen LogP contribution < -0.4 is 5.32 Å². The van der Waals surface area contributed by atoms with Crippen LogP contribution in [0.25, 0.3) is 0 Å². The van der Waals surface area contributed by atoms with Crippen molar-refractivity contribution in [2.75, 3.05) is 25.9 Å². The molecule has 0 spiro atoms. The van der Waals surface area contributed by atoms with Crippen LogP contribution in [-0.4, -0.2) is 48.8 Å². The molecule has 1 unspecified atom stereocenters. The Bertz CT molecular complexity index is 430. The third kappa shape index (κ3) is 4.75. The lowest BCUT2D eigenvalue weighted by Gasteiger charge is -2.18. The second kappa shape index (κ2) is 6.86. The van der Waals surface area contributed by atoms with Gasteiger partial charge in [0.2, 0.25) is 10.0 Å². The number of aromatic nitrogens is 2. The van der Waals surface area contributed by atoms with E-state index in [1.807, 2.05) is 19.9 Å². The summed E-state index contributed by atoms with van der Waals surface area (Å²) < 4.78 is 24.2. The number of hydrogen-bond acceptors (Lipinski definition) is 4. The first-order chi connectivity index (χ1) is 8.45. The van der Waals surface area contributed by atoms with Gasteiger partial charge in [0, 0.05) is 25.3 Å². The average Bonchev–Trinajstić information content (AvgIpc) is 2.80. The molecular weight excluding hydrogens is 252 g/mol. The molecule has 7 heteroatoms. The van der Waals surface area contributed by atoms with Gasteiger partial charge >= 0.3 is 0 Å². The smallest absolute Gasteiger partial charge is 0.211 e. The van der Waals surface area contributed by atoms with E-state index in [-0.39, 0.29) is 6.04 Å². The van der Waals surface area contributed by atoms with Crippen LogP contribution in [0.4, 0.5) is 0 Å². The summed E-state index contributed by atoms with van der Waals surface area (Å²) in [5, 5.41) is 10.1. The molecule has 0 amide bonds. The van der Waals surface area contributed by atoms with Crippen molar-refractivity contribution in [1.82, 2.24) is 19.8 Å². The maximum atomic E-state index is 11.4. The number of aromatic amines is 1. The zero-order valence-electron chi connectivity index (χ0n) is 11.2. The molecule has 0 bridgehead atoms. The summed E-state index contributed by atoms with van der Waals surface area (Å²) in [6.07, 6.45) is 3.76. The van der Waals surface area contributed by atoms with Gasteiger partial charge < -0.3 is 5.32 Å². The lowest BCUT2D eigenvalue weighted by molar-refractivity contribution is 0.413. The Labute approximate surface area is 109 Å². The normalized spacial score (nSPS) is 14.0. The highest BCUT2D eigenvalue weighted by molar-refractivity contribution is 7.88. The lowest BCUT2D eigenvalue weighted by atomic mass is 10.2. The van der Waals surface area contributed by atoms with Crippen molar-refractivity contribution < 1.29 is 8.42 Å². The van der Waals surface area contributed by atoms with Gasteiger partial charge in [-0.3, -0.25) is 5.10 Å². The molecule has 0 aliphatic heterocycles. The molecule has 1 rings (SSSR count). The van der Waals surface area contributed by atoms with Gasteiger partial charge in [0.05, 0.1) is 11.9 Å². The molecule has 6 nitrogen and oxygen atoms in total. The molecule has 2 N–H and O–H groups in total. The maximum absolute atomic E-state index is 11.4. The topological polar surface area (TPSA) is 78.1 Å². The predicted octanol–water partition coefficient (Wildman–Crippen LogP) is 0.732. The number of nitrogens with zero attached hydrogens (tertiary/aromatic N) is 2. The molecule has 1 atom stereocenters. The van der Waals surface area contributed by atoms with Crippen LogP contribution in [0, 0.1) is 0 Å². The molecule has 1 heterocycles. The first-order valence-corrected chi connectivity index (χ1v) is 7.97. The number of nitrogens with one attached hydrogen (secondary N) is 2. The second-order valence-corrected chi connectivity index (χ2v) is 6.28. The fourth-order valence-electron chi connectivity index (χ4n) is 1.75. The summed E-state index contributed by atoms with van der Waals surface area (Å²) in [7, 11) is -3.07. The van der Waals surface area contributed by atoms with Crippen LogP contribution in [-0.2, 0) is 10.0 Å². The Morgan fingerprint density at radius 2 is 2.28 bits per heavy atom. The molecule has 0 saturated heterocycles. The van der Waals surface area contributed by atoms with Crippen molar-refractivity contribution in [1.29, 1.82) is 0 Å². The van der Waals surface area contributed by atoms with Crippen LogP contribution >= 0.6 is 0 Å². The van der Waals surface area contributed by atoms with Gasteiger partial charge in [-0.05, 0) is 26.0 Å². The average molecular weight is 274 g/mol. The minimum Gasteiger partial charge on any atom is -0.309 e. The minimum atomic E-state index is -3.07. The van der Waals surface area contributed by atoms with E-state index < -0.39 is 10.0 Å². The SMILES string of the molecule is CCN(CCCNC(C)c1ccn[nH]1)S(C)(=O)=O. The molecule has 104 valence electrons. The van der Waals surface area contributed by atoms with E-state index >= 15 is 0 Å². The Morgan fingerprint density at radius 1 is 1.56 bits per heavy atom. The highest BCUT2D eigenvalue weighted by Crippen LogP contribution is 2.07. The van der Waals surface area contributed by atoms with Gasteiger partial charge in [-0.25, -0.2) is 12.7 Å². The Kier molecular flexibility index (Phi) is 5.77. The van der Waals surface area contributed by atoms with Crippen LogP contribution in [0.3, 0.4) is 0 Å². The third-order valence-electron chi connectivity index (χ3n) is 2.85. The number of sulfonamides is 1. The largest absolute Gasteiger partial charge is 0.309 e. The first-order valence-electron chi connectivity index (χ1n) is 6.13. The van der Waals surface area contributed by atoms with Crippen LogP contribution in [0.2, 0.25) is 0 Å². The molecule has 0 aliphatic rings. The zero-order valence-corrected chi connectivity index (χ0v) is 12.0. The van der Waals surface area contributed by atoms with Crippen molar-refractivity contribution in [3.8, 4) is 0 Å². The summed E-state index contributed by atoms with van der Waals surface area (Å²) in [6.45, 7) is 5.74. The molecule has 0 radical (unpaired) electrons. The lowest BCUT2D eigenvalue weighted by Crippen LogP contribution is -2.32. The van der Waals surface area contributed by atoms with Gasteiger partial charge in [-0.1, -0.05) is 6.92 Å². The van der Waals surface area contributed by atoms with Gasteiger partial charge in [0.15, 0.2) is 0 Å². The van der Waals surface area contributed by atoms with E-state index in [0.717, 1.165) is 18.7 Å². The molecule has 0 saturated carbocycles.